The molecule has 38 heavy (non-hydrogen) atoms. The molecule has 0 aliphatic carbocycles. The van der Waals surface area contributed by atoms with Gasteiger partial charge < -0.3 is 34.1 Å². The summed E-state index contributed by atoms with van der Waals surface area (Å²) in [6.45, 7) is 3.23. The second-order valence-corrected chi connectivity index (χ2v) is 8.78. The molecule has 1 amide bonds. The number of methoxy groups -OCH3 is 1. The summed E-state index contributed by atoms with van der Waals surface area (Å²) in [6, 6.07) is 15.5. The normalized spacial score (nSPS) is 14.0. The Bertz CT molecular complexity index is 1290. The van der Waals surface area contributed by atoms with Gasteiger partial charge in [-0.3, -0.25) is 4.79 Å². The summed E-state index contributed by atoms with van der Waals surface area (Å²) in [5, 5.41) is 12.1. The molecule has 1 heterocycles. The first-order valence-electron chi connectivity index (χ1n) is 12.1. The molecular weight excluding hydrogens is 514 g/mol. The third-order valence-electron chi connectivity index (χ3n) is 5.89. The van der Waals surface area contributed by atoms with E-state index in [9.17, 15) is 9.59 Å². The standard InChI is InChI=1S/C28H28ClNO8/c1-3-35-20-9-4-17(24(14-20)34-2)10-12-30-27(31)18-5-7-19(8-6-18)37-26-16-25-21(15-22(26)29)23(11-13-36-25)38-28(32)33/h4-9,14-16,23H,3,10-13H2,1-2H3,(H,30,31)(H,32,33). The van der Waals surface area contributed by atoms with Crippen LogP contribution in [0.5, 0.6) is 28.7 Å². The second kappa shape index (κ2) is 12.4. The van der Waals surface area contributed by atoms with E-state index >= 15 is 0 Å². The van der Waals surface area contributed by atoms with Crippen LogP contribution >= 0.6 is 11.6 Å². The van der Waals surface area contributed by atoms with Crippen molar-refractivity contribution in [2.45, 2.75) is 25.9 Å². The maximum atomic E-state index is 12.6. The van der Waals surface area contributed by atoms with Crippen LogP contribution in [0.4, 0.5) is 4.79 Å². The average molecular weight is 542 g/mol. The molecule has 0 radical (unpaired) electrons. The van der Waals surface area contributed by atoms with Gasteiger partial charge in [0, 0.05) is 36.2 Å². The highest BCUT2D eigenvalue weighted by Gasteiger charge is 2.27. The Labute approximate surface area is 225 Å². The molecule has 3 aromatic carbocycles. The highest BCUT2D eigenvalue weighted by Crippen LogP contribution is 2.42. The van der Waals surface area contributed by atoms with Crippen LogP contribution in [0.25, 0.3) is 0 Å². The fourth-order valence-electron chi connectivity index (χ4n) is 4.08. The number of hydrogen-bond donors (Lipinski definition) is 2. The summed E-state index contributed by atoms with van der Waals surface area (Å²) in [4.78, 5) is 23.6. The molecule has 0 spiro atoms. The molecule has 1 aliphatic rings. The van der Waals surface area contributed by atoms with Gasteiger partial charge in [-0.25, -0.2) is 4.79 Å². The molecule has 1 aliphatic heterocycles. The van der Waals surface area contributed by atoms with Gasteiger partial charge in [-0.15, -0.1) is 0 Å². The minimum atomic E-state index is -1.36. The van der Waals surface area contributed by atoms with Crippen molar-refractivity contribution in [3.63, 3.8) is 0 Å². The van der Waals surface area contributed by atoms with Crippen LogP contribution in [0.15, 0.2) is 54.6 Å². The van der Waals surface area contributed by atoms with Crippen LogP contribution < -0.4 is 24.3 Å². The topological polar surface area (TPSA) is 113 Å². The molecule has 1 unspecified atom stereocenters. The molecule has 0 fully saturated rings. The maximum absolute atomic E-state index is 12.6. The molecular formula is C28H28ClNO8. The molecule has 0 aromatic heterocycles. The SMILES string of the molecule is CCOc1ccc(CCNC(=O)c2ccc(Oc3cc4c(cc3Cl)C(OC(=O)O)CCO4)cc2)c(OC)c1. The van der Waals surface area contributed by atoms with Crippen molar-refractivity contribution >= 4 is 23.7 Å². The highest BCUT2D eigenvalue weighted by molar-refractivity contribution is 6.32. The third-order valence-corrected chi connectivity index (χ3v) is 6.18. The number of nitrogens with one attached hydrogen (secondary N) is 1. The molecule has 2 N–H and O–H groups in total. The van der Waals surface area contributed by atoms with Crippen molar-refractivity contribution in [2.75, 3.05) is 26.9 Å². The Kier molecular flexibility index (Phi) is 8.81. The number of ether oxygens (including phenoxy) is 5. The van der Waals surface area contributed by atoms with E-state index in [1.54, 1.807) is 43.5 Å². The van der Waals surface area contributed by atoms with E-state index in [0.717, 1.165) is 11.3 Å². The van der Waals surface area contributed by atoms with Gasteiger partial charge in [-0.05, 0) is 55.3 Å². The molecule has 9 nitrogen and oxygen atoms in total. The van der Waals surface area contributed by atoms with Gasteiger partial charge in [0.15, 0.2) is 0 Å². The molecule has 3 aromatic rings. The van der Waals surface area contributed by atoms with Gasteiger partial charge >= 0.3 is 6.16 Å². The first kappa shape index (κ1) is 26.9. The minimum absolute atomic E-state index is 0.217. The zero-order valence-electron chi connectivity index (χ0n) is 21.0. The number of fused-ring (bicyclic) bond motifs is 1. The van der Waals surface area contributed by atoms with Crippen molar-refractivity contribution in [1.82, 2.24) is 5.32 Å². The van der Waals surface area contributed by atoms with Crippen LogP contribution in [0, 0.1) is 0 Å². The second-order valence-electron chi connectivity index (χ2n) is 8.37. The quantitative estimate of drug-likeness (QED) is 0.299. The minimum Gasteiger partial charge on any atom is -0.496 e. The van der Waals surface area contributed by atoms with Crippen molar-refractivity contribution in [3.05, 3.63) is 76.3 Å². The fourth-order valence-corrected chi connectivity index (χ4v) is 4.29. The average Bonchev–Trinajstić information content (AvgIpc) is 2.90. The van der Waals surface area contributed by atoms with E-state index in [2.05, 4.69) is 5.32 Å². The third kappa shape index (κ3) is 6.60. The van der Waals surface area contributed by atoms with Gasteiger partial charge in [0.05, 0.1) is 25.3 Å². The molecule has 0 saturated heterocycles. The highest BCUT2D eigenvalue weighted by atomic mass is 35.5. The smallest absolute Gasteiger partial charge is 0.496 e. The van der Waals surface area contributed by atoms with E-state index in [4.69, 9.17) is 40.4 Å². The van der Waals surface area contributed by atoms with E-state index in [1.807, 2.05) is 25.1 Å². The monoisotopic (exact) mass is 541 g/mol. The van der Waals surface area contributed by atoms with Crippen molar-refractivity contribution in [2.24, 2.45) is 0 Å². The van der Waals surface area contributed by atoms with Gasteiger partial charge in [0.1, 0.15) is 34.9 Å². The van der Waals surface area contributed by atoms with E-state index < -0.39 is 12.3 Å². The number of hydrogen-bond acceptors (Lipinski definition) is 7. The number of carbonyl (C=O) groups is 2. The Morgan fingerprint density at radius 2 is 1.84 bits per heavy atom. The van der Waals surface area contributed by atoms with Gasteiger partial charge in [0.25, 0.3) is 5.91 Å². The van der Waals surface area contributed by atoms with Crippen LogP contribution in [0.2, 0.25) is 5.02 Å². The number of rotatable bonds is 10. The lowest BCUT2D eigenvalue weighted by atomic mass is 10.0. The number of carbonyl (C=O) groups excluding carboxylic acids is 1. The molecule has 0 saturated carbocycles. The molecule has 0 bridgehead atoms. The maximum Gasteiger partial charge on any atom is 0.506 e. The Balaban J connectivity index is 1.35. The number of amides is 1. The lowest BCUT2D eigenvalue weighted by Gasteiger charge is -2.25. The van der Waals surface area contributed by atoms with Gasteiger partial charge in [-0.1, -0.05) is 17.7 Å². The molecule has 1 atom stereocenters. The number of benzene rings is 3. The lowest BCUT2D eigenvalue weighted by molar-refractivity contribution is 0.0326. The Morgan fingerprint density at radius 1 is 1.08 bits per heavy atom. The first-order valence-corrected chi connectivity index (χ1v) is 12.5. The van der Waals surface area contributed by atoms with Crippen LogP contribution in [0.1, 0.15) is 40.9 Å². The van der Waals surface area contributed by atoms with Crippen molar-refractivity contribution in [3.8, 4) is 28.7 Å². The van der Waals surface area contributed by atoms with Gasteiger partial charge in [-0.2, -0.15) is 0 Å². The van der Waals surface area contributed by atoms with Crippen molar-refractivity contribution in [1.29, 1.82) is 0 Å². The van der Waals surface area contributed by atoms with E-state index in [0.29, 0.717) is 66.7 Å². The number of carboxylic acid groups (broad SMARTS) is 1. The zero-order valence-corrected chi connectivity index (χ0v) is 21.7. The summed E-state index contributed by atoms with van der Waals surface area (Å²) < 4.78 is 27.4. The Hall–Kier alpha value is -4.11. The Morgan fingerprint density at radius 3 is 2.55 bits per heavy atom. The number of halogens is 1. The van der Waals surface area contributed by atoms with Gasteiger partial charge in [0.2, 0.25) is 0 Å². The first-order chi connectivity index (χ1) is 18.4. The van der Waals surface area contributed by atoms with E-state index in [-0.39, 0.29) is 10.9 Å². The summed E-state index contributed by atoms with van der Waals surface area (Å²) >= 11 is 6.38. The predicted octanol–water partition coefficient (Wildman–Crippen LogP) is 6.03. The summed E-state index contributed by atoms with van der Waals surface area (Å²) in [5.41, 5.74) is 1.99. The van der Waals surface area contributed by atoms with E-state index in [1.165, 1.54) is 0 Å². The summed E-state index contributed by atoms with van der Waals surface area (Å²) in [6.07, 6.45) is -1.03. The van der Waals surface area contributed by atoms with Crippen molar-refractivity contribution < 1.29 is 38.4 Å². The predicted molar refractivity (Wildman–Crippen MR) is 140 cm³/mol. The fraction of sp³-hybridized carbons (Fsp3) is 0.286. The largest absolute Gasteiger partial charge is 0.506 e. The summed E-state index contributed by atoms with van der Waals surface area (Å²) in [5.74, 6) is 2.48. The molecule has 4 rings (SSSR count). The zero-order chi connectivity index (χ0) is 27.1. The van der Waals surface area contributed by atoms with Crippen LogP contribution in [-0.2, 0) is 11.2 Å². The molecule has 200 valence electrons. The lowest BCUT2D eigenvalue weighted by Crippen LogP contribution is -2.25. The molecule has 10 heteroatoms. The van der Waals surface area contributed by atoms with Crippen LogP contribution in [0.3, 0.4) is 0 Å². The summed E-state index contributed by atoms with van der Waals surface area (Å²) in [7, 11) is 1.60. The van der Waals surface area contributed by atoms with Crippen LogP contribution in [-0.4, -0.2) is 44.0 Å².